The Kier molecular flexibility index (Phi) is 5.65. The number of hydrogen-bond acceptors (Lipinski definition) is 0. The fourth-order valence-electron chi connectivity index (χ4n) is 4.88. The van der Waals surface area contributed by atoms with Crippen LogP contribution in [0.3, 0.4) is 0 Å². The summed E-state index contributed by atoms with van der Waals surface area (Å²) in [6.45, 7) is 14.3. The highest BCUT2D eigenvalue weighted by molar-refractivity contribution is 5.66. The van der Waals surface area contributed by atoms with Crippen LogP contribution in [0.25, 0.3) is 11.3 Å². The molecule has 0 spiro atoms. The van der Waals surface area contributed by atoms with Crippen LogP contribution in [0.1, 0.15) is 76.1 Å². The van der Waals surface area contributed by atoms with Crippen molar-refractivity contribution in [3.63, 3.8) is 0 Å². The molecule has 0 aliphatic carbocycles. The normalized spacial score (nSPS) is 21.2. The average molecular weight is 349 g/mol. The molecule has 0 saturated carbocycles. The summed E-state index contributed by atoms with van der Waals surface area (Å²) in [5.74, 6) is 0.523. The molecule has 2 unspecified atom stereocenters. The number of aromatic nitrogens is 1. The molecule has 1 aromatic heterocycles. The van der Waals surface area contributed by atoms with Gasteiger partial charge in [-0.1, -0.05) is 52.8 Å². The highest BCUT2D eigenvalue weighted by Gasteiger charge is 2.44. The Morgan fingerprint density at radius 2 is 1.96 bits per heavy atom. The second-order valence-corrected chi connectivity index (χ2v) is 7.95. The summed E-state index contributed by atoms with van der Waals surface area (Å²) >= 11 is 0. The molecule has 1 aliphatic heterocycles. The maximum Gasteiger partial charge on any atom is 0.213 e. The summed E-state index contributed by atoms with van der Waals surface area (Å²) in [5.41, 5.74) is 7.39. The predicted molar refractivity (Wildman–Crippen MR) is 112 cm³/mol. The average Bonchev–Trinajstić information content (AvgIpc) is 2.71. The lowest BCUT2D eigenvalue weighted by Crippen LogP contribution is -2.42. The summed E-state index contributed by atoms with van der Waals surface area (Å²) in [7, 11) is 0. The van der Waals surface area contributed by atoms with Crippen LogP contribution in [0, 0.1) is 0 Å². The number of nitrogens with zero attached hydrogens (tertiary/aromatic N) is 1. The third kappa shape index (κ3) is 3.02. The van der Waals surface area contributed by atoms with Crippen molar-refractivity contribution in [1.82, 2.24) is 0 Å². The fourth-order valence-corrected chi connectivity index (χ4v) is 4.88. The zero-order valence-corrected chi connectivity index (χ0v) is 17.0. The van der Waals surface area contributed by atoms with E-state index in [1.165, 1.54) is 47.3 Å². The van der Waals surface area contributed by atoms with E-state index in [0.717, 1.165) is 19.4 Å². The van der Waals surface area contributed by atoms with Gasteiger partial charge in [-0.25, -0.2) is 0 Å². The maximum atomic E-state index is 4.03. The zero-order chi connectivity index (χ0) is 18.7. The van der Waals surface area contributed by atoms with Gasteiger partial charge in [-0.05, 0) is 55.0 Å². The van der Waals surface area contributed by atoms with Crippen LogP contribution in [-0.2, 0) is 18.4 Å². The lowest BCUT2D eigenvalue weighted by atomic mass is 9.66. The molecule has 1 aromatic carbocycles. The van der Waals surface area contributed by atoms with Crippen molar-refractivity contribution in [1.29, 1.82) is 0 Å². The third-order valence-corrected chi connectivity index (χ3v) is 6.50. The van der Waals surface area contributed by atoms with E-state index in [1.807, 2.05) is 6.08 Å². The summed E-state index contributed by atoms with van der Waals surface area (Å²) in [4.78, 5) is 0. The molecule has 138 valence electrons. The van der Waals surface area contributed by atoms with E-state index in [0.29, 0.717) is 5.92 Å². The largest absolute Gasteiger partial charge is 0.213 e. The molecule has 1 aliphatic rings. The molecular weight excluding hydrogens is 314 g/mol. The maximum absolute atomic E-state index is 4.03. The highest BCUT2D eigenvalue weighted by atomic mass is 15.0. The van der Waals surface area contributed by atoms with E-state index >= 15 is 0 Å². The zero-order valence-electron chi connectivity index (χ0n) is 17.0. The number of unbranched alkanes of at least 4 members (excludes halogenated alkanes) is 1. The molecule has 2 aromatic rings. The third-order valence-electron chi connectivity index (χ3n) is 6.50. The van der Waals surface area contributed by atoms with Crippen LogP contribution in [0.4, 0.5) is 0 Å². The van der Waals surface area contributed by atoms with Crippen molar-refractivity contribution in [3.05, 3.63) is 65.9 Å². The molecule has 0 saturated heterocycles. The topological polar surface area (TPSA) is 3.88 Å². The predicted octanol–water partition coefficient (Wildman–Crippen LogP) is 6.34. The molecule has 2 heterocycles. The quantitative estimate of drug-likeness (QED) is 0.406. The number of allylic oxidation sites excluding steroid dienone is 1. The fraction of sp³-hybridized carbons (Fsp3) is 0.480. The number of hydrogen-bond donors (Lipinski definition) is 0. The molecule has 3 rings (SSSR count). The molecule has 1 heteroatoms. The van der Waals surface area contributed by atoms with E-state index in [-0.39, 0.29) is 5.41 Å². The first kappa shape index (κ1) is 18.9. The lowest BCUT2D eigenvalue weighted by molar-refractivity contribution is -0.685. The van der Waals surface area contributed by atoms with Crippen molar-refractivity contribution in [2.75, 3.05) is 0 Å². The Labute approximate surface area is 159 Å². The van der Waals surface area contributed by atoms with Gasteiger partial charge in [0.25, 0.3) is 0 Å². The smallest absolute Gasteiger partial charge is 0.192 e. The van der Waals surface area contributed by atoms with Gasteiger partial charge in [-0.3, -0.25) is 0 Å². The van der Waals surface area contributed by atoms with Gasteiger partial charge in [-0.2, -0.15) is 4.57 Å². The molecule has 0 fully saturated rings. The molecule has 26 heavy (non-hydrogen) atoms. The molecular formula is C25H34N+. The van der Waals surface area contributed by atoms with Crippen LogP contribution in [-0.4, -0.2) is 0 Å². The highest BCUT2D eigenvalue weighted by Crippen LogP contribution is 2.48. The van der Waals surface area contributed by atoms with E-state index < -0.39 is 0 Å². The Morgan fingerprint density at radius 1 is 1.15 bits per heavy atom. The summed E-state index contributed by atoms with van der Waals surface area (Å²) in [6.07, 6.45) is 8.02. The lowest BCUT2D eigenvalue weighted by Gasteiger charge is -2.35. The molecule has 0 amide bonds. The monoisotopic (exact) mass is 348 g/mol. The van der Waals surface area contributed by atoms with Crippen LogP contribution in [0.15, 0.2) is 49.1 Å². The molecule has 2 atom stereocenters. The van der Waals surface area contributed by atoms with Gasteiger partial charge in [0.1, 0.15) is 0 Å². The van der Waals surface area contributed by atoms with Crippen LogP contribution in [0.2, 0.25) is 0 Å². The van der Waals surface area contributed by atoms with Gasteiger partial charge in [0.15, 0.2) is 12.2 Å². The molecule has 0 radical (unpaired) electrons. The van der Waals surface area contributed by atoms with Crippen molar-refractivity contribution in [2.24, 2.45) is 0 Å². The minimum Gasteiger partial charge on any atom is -0.192 e. The summed E-state index contributed by atoms with van der Waals surface area (Å²) in [5, 5.41) is 0. The van der Waals surface area contributed by atoms with Crippen molar-refractivity contribution < 1.29 is 4.57 Å². The Morgan fingerprint density at radius 3 is 2.62 bits per heavy atom. The van der Waals surface area contributed by atoms with E-state index in [1.54, 1.807) is 0 Å². The van der Waals surface area contributed by atoms with Crippen molar-refractivity contribution >= 4 is 0 Å². The minimum atomic E-state index is 0.159. The number of pyridine rings is 1. The first-order valence-corrected chi connectivity index (χ1v) is 10.4. The standard InChI is InChI=1S/C25H34N/c1-6-10-12-19-15-16-22-20(18-19)23-13-11-14-24(26(23)17-7-2)21(8-3)25(22,5)9-4/h7,11,13-16,18,21H,2,6,8-10,12,17H2,1,3-5H3/q+1. The van der Waals surface area contributed by atoms with E-state index in [4.69, 9.17) is 0 Å². The SMILES string of the molecule is C=CC[n+]1c2cccc1C(CC)C(C)(CC)c1ccc(CCCC)cc1-2. The van der Waals surface area contributed by atoms with Crippen LogP contribution >= 0.6 is 0 Å². The second kappa shape index (κ2) is 7.78. The van der Waals surface area contributed by atoms with Gasteiger partial charge in [0.05, 0.1) is 11.5 Å². The molecule has 1 nitrogen and oxygen atoms in total. The van der Waals surface area contributed by atoms with Gasteiger partial charge >= 0.3 is 0 Å². The number of fused-ring (bicyclic) bond motifs is 4. The van der Waals surface area contributed by atoms with Gasteiger partial charge in [-0.15, -0.1) is 0 Å². The second-order valence-electron chi connectivity index (χ2n) is 7.95. The summed E-state index contributed by atoms with van der Waals surface area (Å²) < 4.78 is 2.50. The number of benzene rings is 1. The number of aryl methyl sites for hydroxylation is 1. The van der Waals surface area contributed by atoms with Gasteiger partial charge < -0.3 is 0 Å². The summed E-state index contributed by atoms with van der Waals surface area (Å²) in [6, 6.07) is 14.1. The van der Waals surface area contributed by atoms with Gasteiger partial charge in [0.2, 0.25) is 5.69 Å². The Balaban J connectivity index is 2.30. The van der Waals surface area contributed by atoms with Crippen LogP contribution in [0.5, 0.6) is 0 Å². The van der Waals surface area contributed by atoms with E-state index in [9.17, 15) is 0 Å². The van der Waals surface area contributed by atoms with Crippen molar-refractivity contribution in [2.45, 2.75) is 77.7 Å². The molecule has 2 bridgehead atoms. The number of rotatable bonds is 7. The minimum absolute atomic E-state index is 0.159. The van der Waals surface area contributed by atoms with Crippen molar-refractivity contribution in [3.8, 4) is 11.3 Å². The first-order valence-electron chi connectivity index (χ1n) is 10.4. The van der Waals surface area contributed by atoms with Crippen LogP contribution < -0.4 is 4.57 Å². The van der Waals surface area contributed by atoms with Gasteiger partial charge in [0, 0.05) is 17.5 Å². The first-order chi connectivity index (χ1) is 12.6. The molecule has 0 N–H and O–H groups in total. The van der Waals surface area contributed by atoms with E-state index in [2.05, 4.69) is 75.2 Å². The Bertz CT molecular complexity index is 789. The Hall–Kier alpha value is -1.89.